The van der Waals surface area contributed by atoms with Crippen LogP contribution in [-0.4, -0.2) is 10.9 Å². The monoisotopic (exact) mass is 408 g/mol. The molecule has 0 fully saturated rings. The molecular weight excluding hydrogens is 395 g/mol. The van der Waals surface area contributed by atoms with Crippen molar-refractivity contribution in [1.82, 2.24) is 4.98 Å². The molecule has 3 aromatic carbocycles. The molecule has 4 nitrogen and oxygen atoms in total. The Morgan fingerprint density at radius 3 is 2.61 bits per heavy atom. The number of amides is 1. The number of benzene rings is 3. The maximum atomic E-state index is 12.2. The topological polar surface area (TPSA) is 55.1 Å². The average molecular weight is 409 g/mol. The zero-order chi connectivity index (χ0) is 19.5. The van der Waals surface area contributed by atoms with Crippen LogP contribution in [0.5, 0.6) is 0 Å². The van der Waals surface area contributed by atoms with Gasteiger partial charge in [-0.1, -0.05) is 53.5 Å². The second-order valence-electron chi connectivity index (χ2n) is 6.06. The van der Waals surface area contributed by atoms with Crippen LogP contribution in [0.4, 0.5) is 5.69 Å². The van der Waals surface area contributed by atoms with E-state index in [1.54, 1.807) is 42.5 Å². The number of nitrogens with one attached hydrogen (secondary N) is 1. The Kier molecular flexibility index (Phi) is 5.15. The summed E-state index contributed by atoms with van der Waals surface area (Å²) in [5.41, 5.74) is 3.44. The van der Waals surface area contributed by atoms with Crippen LogP contribution < -0.4 is 5.32 Å². The van der Waals surface area contributed by atoms with Crippen molar-refractivity contribution in [2.24, 2.45) is 0 Å². The van der Waals surface area contributed by atoms with E-state index in [4.69, 9.17) is 27.6 Å². The van der Waals surface area contributed by atoms with Crippen LogP contribution in [-0.2, 0) is 4.79 Å². The first-order chi connectivity index (χ1) is 13.6. The maximum Gasteiger partial charge on any atom is 0.248 e. The van der Waals surface area contributed by atoms with Crippen LogP contribution in [0.2, 0.25) is 10.0 Å². The van der Waals surface area contributed by atoms with E-state index in [1.807, 2.05) is 30.3 Å². The van der Waals surface area contributed by atoms with E-state index in [-0.39, 0.29) is 5.91 Å². The molecule has 1 N–H and O–H groups in total. The molecule has 1 aromatic heterocycles. The van der Waals surface area contributed by atoms with Gasteiger partial charge >= 0.3 is 0 Å². The minimum Gasteiger partial charge on any atom is -0.436 e. The van der Waals surface area contributed by atoms with Gasteiger partial charge in [-0.25, -0.2) is 4.98 Å². The van der Waals surface area contributed by atoms with Gasteiger partial charge in [0, 0.05) is 16.8 Å². The third-order valence-electron chi connectivity index (χ3n) is 4.04. The Bertz CT molecular complexity index is 1180. The standard InChI is InChI=1S/C22H14Cl2N2O2/c23-15-7-9-17(18(24)12-15)22-26-19-13-16(8-10-20(19)28-22)25-21(27)11-6-14-4-2-1-3-5-14/h1-13H,(H,25,27)/b11-6-. The predicted molar refractivity (Wildman–Crippen MR) is 114 cm³/mol. The van der Waals surface area contributed by atoms with E-state index in [9.17, 15) is 4.79 Å². The number of carbonyl (C=O) groups excluding carboxylic acids is 1. The largest absolute Gasteiger partial charge is 0.436 e. The molecule has 0 radical (unpaired) electrons. The quantitative estimate of drug-likeness (QED) is 0.394. The van der Waals surface area contributed by atoms with Crippen molar-refractivity contribution in [2.45, 2.75) is 0 Å². The van der Waals surface area contributed by atoms with Crippen LogP contribution >= 0.6 is 23.2 Å². The minimum atomic E-state index is -0.229. The van der Waals surface area contributed by atoms with E-state index < -0.39 is 0 Å². The van der Waals surface area contributed by atoms with Gasteiger partial charge in [0.25, 0.3) is 0 Å². The van der Waals surface area contributed by atoms with Crippen LogP contribution in [0.15, 0.2) is 77.2 Å². The van der Waals surface area contributed by atoms with Gasteiger partial charge in [0.05, 0.1) is 10.6 Å². The third kappa shape index (κ3) is 4.09. The fourth-order valence-electron chi connectivity index (χ4n) is 2.70. The van der Waals surface area contributed by atoms with Gasteiger partial charge in [0.2, 0.25) is 11.8 Å². The van der Waals surface area contributed by atoms with Gasteiger partial charge in [0.1, 0.15) is 5.52 Å². The lowest BCUT2D eigenvalue weighted by Crippen LogP contribution is -2.07. The predicted octanol–water partition coefficient (Wildman–Crippen LogP) is 6.45. The van der Waals surface area contributed by atoms with E-state index in [0.29, 0.717) is 38.3 Å². The first-order valence-electron chi connectivity index (χ1n) is 8.48. The van der Waals surface area contributed by atoms with Crippen molar-refractivity contribution in [1.29, 1.82) is 0 Å². The van der Waals surface area contributed by atoms with Crippen molar-refractivity contribution in [3.05, 3.63) is 88.4 Å². The van der Waals surface area contributed by atoms with Gasteiger partial charge in [-0.2, -0.15) is 0 Å². The van der Waals surface area contributed by atoms with Crippen molar-refractivity contribution in [2.75, 3.05) is 5.32 Å². The lowest BCUT2D eigenvalue weighted by atomic mass is 10.2. The van der Waals surface area contributed by atoms with Gasteiger partial charge in [0.15, 0.2) is 5.58 Å². The molecule has 0 aliphatic carbocycles. The Hall–Kier alpha value is -3.08. The smallest absolute Gasteiger partial charge is 0.248 e. The van der Waals surface area contributed by atoms with Crippen LogP contribution in [0.25, 0.3) is 28.6 Å². The number of carbonyl (C=O) groups is 1. The summed E-state index contributed by atoms with van der Waals surface area (Å²) in [6.07, 6.45) is 3.24. The fraction of sp³-hybridized carbons (Fsp3) is 0. The number of nitrogens with zero attached hydrogens (tertiary/aromatic N) is 1. The van der Waals surface area contributed by atoms with Crippen molar-refractivity contribution >= 4 is 52.0 Å². The fourth-order valence-corrected chi connectivity index (χ4v) is 3.19. The lowest BCUT2D eigenvalue weighted by Gasteiger charge is -2.01. The average Bonchev–Trinajstić information content (AvgIpc) is 3.10. The SMILES string of the molecule is O=C(/C=C\c1ccccc1)Nc1ccc2oc(-c3ccc(Cl)cc3Cl)nc2c1. The van der Waals surface area contributed by atoms with Gasteiger partial charge in [-0.05, 0) is 48.0 Å². The molecule has 0 saturated carbocycles. The summed E-state index contributed by atoms with van der Waals surface area (Å²) >= 11 is 12.2. The molecular formula is C22H14Cl2N2O2. The van der Waals surface area contributed by atoms with Crippen molar-refractivity contribution in [3.8, 4) is 11.5 Å². The highest BCUT2D eigenvalue weighted by atomic mass is 35.5. The lowest BCUT2D eigenvalue weighted by molar-refractivity contribution is -0.111. The van der Waals surface area contributed by atoms with Crippen LogP contribution in [0, 0.1) is 0 Å². The Labute approximate surface area is 171 Å². The molecule has 28 heavy (non-hydrogen) atoms. The molecule has 4 rings (SSSR count). The molecule has 0 aliphatic heterocycles. The van der Waals surface area contributed by atoms with E-state index in [2.05, 4.69) is 10.3 Å². The van der Waals surface area contributed by atoms with E-state index in [0.717, 1.165) is 5.56 Å². The Balaban J connectivity index is 1.55. The summed E-state index contributed by atoms with van der Waals surface area (Å²) in [4.78, 5) is 16.6. The molecule has 6 heteroatoms. The minimum absolute atomic E-state index is 0.229. The number of fused-ring (bicyclic) bond motifs is 1. The number of hydrogen-bond donors (Lipinski definition) is 1. The number of hydrogen-bond acceptors (Lipinski definition) is 3. The number of oxazole rings is 1. The van der Waals surface area contributed by atoms with E-state index >= 15 is 0 Å². The second kappa shape index (κ2) is 7.89. The van der Waals surface area contributed by atoms with Gasteiger partial charge in [-0.15, -0.1) is 0 Å². The summed E-state index contributed by atoms with van der Waals surface area (Å²) in [7, 11) is 0. The highest BCUT2D eigenvalue weighted by molar-refractivity contribution is 6.36. The Morgan fingerprint density at radius 2 is 1.82 bits per heavy atom. The summed E-state index contributed by atoms with van der Waals surface area (Å²) in [5, 5.41) is 3.82. The summed E-state index contributed by atoms with van der Waals surface area (Å²) in [5.74, 6) is 0.164. The van der Waals surface area contributed by atoms with Gasteiger partial charge < -0.3 is 9.73 Å². The molecule has 0 spiro atoms. The maximum absolute atomic E-state index is 12.2. The first kappa shape index (κ1) is 18.3. The van der Waals surface area contributed by atoms with Crippen LogP contribution in [0.1, 0.15) is 5.56 Å². The molecule has 0 bridgehead atoms. The molecule has 0 saturated heterocycles. The number of anilines is 1. The molecule has 1 amide bonds. The van der Waals surface area contributed by atoms with Gasteiger partial charge in [-0.3, -0.25) is 4.79 Å². The highest BCUT2D eigenvalue weighted by Gasteiger charge is 2.12. The molecule has 138 valence electrons. The summed E-state index contributed by atoms with van der Waals surface area (Å²) < 4.78 is 5.77. The molecule has 0 aliphatic rings. The number of halogens is 2. The zero-order valence-electron chi connectivity index (χ0n) is 14.5. The third-order valence-corrected chi connectivity index (χ3v) is 4.59. The molecule has 0 unspecified atom stereocenters. The first-order valence-corrected chi connectivity index (χ1v) is 9.24. The molecule has 1 heterocycles. The van der Waals surface area contributed by atoms with Crippen molar-refractivity contribution < 1.29 is 9.21 Å². The van der Waals surface area contributed by atoms with Crippen molar-refractivity contribution in [3.63, 3.8) is 0 Å². The number of aromatic nitrogens is 1. The Morgan fingerprint density at radius 1 is 1.00 bits per heavy atom. The summed E-state index contributed by atoms with van der Waals surface area (Å²) in [6.45, 7) is 0. The zero-order valence-corrected chi connectivity index (χ0v) is 16.0. The normalized spacial score (nSPS) is 11.2. The summed E-state index contributed by atoms with van der Waals surface area (Å²) in [6, 6.07) is 20.0. The van der Waals surface area contributed by atoms with E-state index in [1.165, 1.54) is 6.08 Å². The molecule has 0 atom stereocenters. The number of rotatable bonds is 4. The van der Waals surface area contributed by atoms with Crippen LogP contribution in [0.3, 0.4) is 0 Å². The highest BCUT2D eigenvalue weighted by Crippen LogP contribution is 2.32. The second-order valence-corrected chi connectivity index (χ2v) is 6.90. The molecule has 4 aromatic rings.